The Morgan fingerprint density at radius 1 is 1.38 bits per heavy atom. The Balaban J connectivity index is 1.75. The largest absolute Gasteiger partial charge is 0.479 e. The second-order valence-corrected chi connectivity index (χ2v) is 9.01. The standard InChI is InChI=1S/C21H31N3O4S/c1-3-18(9-6-8-17-7-4-5-14-28-17)29(25,26)24-20-15-16-10-12-22-13-11-19(16)23-21(20)27-2/h3,6,9,15,17,22,24H,4-5,7-8,10-14H2,1-2H3/b9-6-,18-3+/t17-/m1/s1. The SMILES string of the molecule is C/C=C(\C=C/C[C@H]1CCCCO1)S(=O)(=O)Nc1cc2c(nc1OC)CCNCC2. The Kier molecular flexibility index (Phi) is 7.69. The quantitative estimate of drug-likeness (QED) is 0.658. The highest BCUT2D eigenvalue weighted by Crippen LogP contribution is 2.29. The molecule has 2 aliphatic rings. The van der Waals surface area contributed by atoms with Gasteiger partial charge in [-0.05, 0) is 63.3 Å². The molecule has 0 aromatic carbocycles. The second kappa shape index (κ2) is 10.2. The lowest BCUT2D eigenvalue weighted by Crippen LogP contribution is -2.18. The summed E-state index contributed by atoms with van der Waals surface area (Å²) in [6.45, 7) is 4.20. The van der Waals surface area contributed by atoms with Crippen LogP contribution in [0.25, 0.3) is 0 Å². The number of pyridine rings is 1. The average molecular weight is 422 g/mol. The van der Waals surface area contributed by atoms with Crippen LogP contribution in [0.1, 0.15) is 43.9 Å². The van der Waals surface area contributed by atoms with Crippen LogP contribution in [-0.2, 0) is 27.6 Å². The lowest BCUT2D eigenvalue weighted by atomic mass is 10.1. The Bertz CT molecular complexity index is 859. The van der Waals surface area contributed by atoms with Crippen LogP contribution in [0.2, 0.25) is 0 Å². The first-order valence-electron chi connectivity index (χ1n) is 10.3. The zero-order valence-corrected chi connectivity index (χ0v) is 18.1. The van der Waals surface area contributed by atoms with Gasteiger partial charge in [0, 0.05) is 25.3 Å². The van der Waals surface area contributed by atoms with Gasteiger partial charge in [-0.3, -0.25) is 4.72 Å². The molecule has 1 fully saturated rings. The molecule has 0 radical (unpaired) electrons. The van der Waals surface area contributed by atoms with Crippen LogP contribution in [0.15, 0.2) is 29.2 Å². The van der Waals surface area contributed by atoms with Crippen molar-refractivity contribution in [2.24, 2.45) is 0 Å². The van der Waals surface area contributed by atoms with Crippen LogP contribution in [0.4, 0.5) is 5.69 Å². The van der Waals surface area contributed by atoms with Gasteiger partial charge in [-0.1, -0.05) is 12.2 Å². The highest BCUT2D eigenvalue weighted by Gasteiger charge is 2.21. The van der Waals surface area contributed by atoms with Crippen LogP contribution in [0, 0.1) is 0 Å². The van der Waals surface area contributed by atoms with E-state index in [0.29, 0.717) is 18.0 Å². The fourth-order valence-electron chi connectivity index (χ4n) is 3.66. The minimum absolute atomic E-state index is 0.177. The van der Waals surface area contributed by atoms with E-state index < -0.39 is 10.0 Å². The van der Waals surface area contributed by atoms with Gasteiger partial charge in [0.2, 0.25) is 5.88 Å². The molecular formula is C21H31N3O4S. The smallest absolute Gasteiger partial charge is 0.261 e. The minimum Gasteiger partial charge on any atom is -0.479 e. The van der Waals surface area contributed by atoms with Crippen LogP contribution >= 0.6 is 0 Å². The van der Waals surface area contributed by atoms with E-state index in [0.717, 1.165) is 63.1 Å². The van der Waals surface area contributed by atoms with Gasteiger partial charge in [0.25, 0.3) is 10.0 Å². The maximum Gasteiger partial charge on any atom is 0.261 e. The molecule has 0 spiro atoms. The van der Waals surface area contributed by atoms with Crippen molar-refractivity contribution in [2.75, 3.05) is 31.5 Å². The maximum absolute atomic E-state index is 13.0. The summed E-state index contributed by atoms with van der Waals surface area (Å²) in [4.78, 5) is 4.76. The summed E-state index contributed by atoms with van der Waals surface area (Å²) in [6, 6.07) is 1.85. The predicted octanol–water partition coefficient (Wildman–Crippen LogP) is 2.94. The Labute approximate surface area is 173 Å². The Hall–Kier alpha value is -1.90. The van der Waals surface area contributed by atoms with Crippen molar-refractivity contribution in [3.63, 3.8) is 0 Å². The molecule has 160 valence electrons. The normalized spacial score (nSPS) is 20.9. The summed E-state index contributed by atoms with van der Waals surface area (Å²) in [5, 5.41) is 3.33. The predicted molar refractivity (Wildman–Crippen MR) is 115 cm³/mol. The van der Waals surface area contributed by atoms with Crippen molar-refractivity contribution in [1.29, 1.82) is 0 Å². The van der Waals surface area contributed by atoms with Gasteiger partial charge >= 0.3 is 0 Å². The van der Waals surface area contributed by atoms with Gasteiger partial charge in [0.15, 0.2) is 0 Å². The highest BCUT2D eigenvalue weighted by atomic mass is 32.2. The van der Waals surface area contributed by atoms with Gasteiger partial charge in [0.1, 0.15) is 5.69 Å². The summed E-state index contributed by atoms with van der Waals surface area (Å²) in [5.74, 6) is 0.296. The zero-order valence-electron chi connectivity index (χ0n) is 17.2. The first-order valence-corrected chi connectivity index (χ1v) is 11.8. The molecular weight excluding hydrogens is 390 g/mol. The third-order valence-electron chi connectivity index (χ3n) is 5.25. The first kappa shape index (κ1) is 21.8. The fraction of sp³-hybridized carbons (Fsp3) is 0.571. The number of allylic oxidation sites excluding steroid dienone is 2. The number of nitrogens with one attached hydrogen (secondary N) is 2. The summed E-state index contributed by atoms with van der Waals surface area (Å²) in [6.07, 6.45) is 10.9. The topological polar surface area (TPSA) is 89.6 Å². The van der Waals surface area contributed by atoms with Crippen molar-refractivity contribution in [3.8, 4) is 5.88 Å². The summed E-state index contributed by atoms with van der Waals surface area (Å²) < 4.78 is 39.6. The molecule has 7 nitrogen and oxygen atoms in total. The number of rotatable bonds is 7. The number of nitrogens with zero attached hydrogens (tertiary/aromatic N) is 1. The van der Waals surface area contributed by atoms with Crippen molar-refractivity contribution >= 4 is 15.7 Å². The van der Waals surface area contributed by atoms with E-state index >= 15 is 0 Å². The van der Waals surface area contributed by atoms with E-state index in [-0.39, 0.29) is 11.0 Å². The molecule has 0 unspecified atom stereocenters. The Morgan fingerprint density at radius 2 is 2.21 bits per heavy atom. The maximum atomic E-state index is 13.0. The molecule has 8 heteroatoms. The summed E-state index contributed by atoms with van der Waals surface area (Å²) in [5.41, 5.74) is 2.37. The molecule has 2 N–H and O–H groups in total. The third-order valence-corrected chi connectivity index (χ3v) is 6.73. The number of aromatic nitrogens is 1. The molecule has 29 heavy (non-hydrogen) atoms. The van der Waals surface area contributed by atoms with E-state index in [9.17, 15) is 8.42 Å². The number of sulfonamides is 1. The Morgan fingerprint density at radius 3 is 2.93 bits per heavy atom. The highest BCUT2D eigenvalue weighted by molar-refractivity contribution is 7.96. The van der Waals surface area contributed by atoms with Crippen molar-refractivity contribution in [2.45, 2.75) is 51.6 Å². The number of anilines is 1. The van der Waals surface area contributed by atoms with Crippen LogP contribution in [0.5, 0.6) is 5.88 Å². The lowest BCUT2D eigenvalue weighted by Gasteiger charge is -2.21. The third kappa shape index (κ3) is 5.81. The molecule has 1 aromatic rings. The van der Waals surface area contributed by atoms with E-state index in [2.05, 4.69) is 15.0 Å². The van der Waals surface area contributed by atoms with E-state index in [1.54, 1.807) is 19.1 Å². The van der Waals surface area contributed by atoms with E-state index in [1.165, 1.54) is 7.11 Å². The molecule has 3 heterocycles. The number of ether oxygens (including phenoxy) is 2. The van der Waals surface area contributed by atoms with Crippen LogP contribution in [-0.4, -0.2) is 46.3 Å². The lowest BCUT2D eigenvalue weighted by molar-refractivity contribution is 0.0184. The monoisotopic (exact) mass is 421 g/mol. The van der Waals surface area contributed by atoms with E-state index in [1.807, 2.05) is 12.1 Å². The zero-order chi connectivity index (χ0) is 20.7. The van der Waals surface area contributed by atoms with Gasteiger partial charge in [-0.25, -0.2) is 13.4 Å². The second-order valence-electron chi connectivity index (χ2n) is 7.32. The van der Waals surface area contributed by atoms with Gasteiger partial charge in [-0.15, -0.1) is 0 Å². The molecule has 1 atom stereocenters. The van der Waals surface area contributed by atoms with Crippen molar-refractivity contribution in [3.05, 3.63) is 40.5 Å². The van der Waals surface area contributed by atoms with Crippen LogP contribution in [0.3, 0.4) is 0 Å². The first-order chi connectivity index (χ1) is 14.0. The number of hydrogen-bond donors (Lipinski definition) is 2. The summed E-state index contributed by atoms with van der Waals surface area (Å²) >= 11 is 0. The van der Waals surface area contributed by atoms with Gasteiger partial charge < -0.3 is 14.8 Å². The van der Waals surface area contributed by atoms with Crippen LogP contribution < -0.4 is 14.8 Å². The fourth-order valence-corrected chi connectivity index (χ4v) is 4.80. The molecule has 0 amide bonds. The summed E-state index contributed by atoms with van der Waals surface area (Å²) in [7, 11) is -2.25. The van der Waals surface area contributed by atoms with Crippen molar-refractivity contribution in [1.82, 2.24) is 10.3 Å². The van der Waals surface area contributed by atoms with Crippen molar-refractivity contribution < 1.29 is 17.9 Å². The number of hydrogen-bond acceptors (Lipinski definition) is 6. The number of fused-ring (bicyclic) bond motifs is 1. The molecule has 0 aliphatic carbocycles. The molecule has 1 saturated heterocycles. The molecule has 3 rings (SSSR count). The molecule has 0 bridgehead atoms. The number of methoxy groups -OCH3 is 1. The van der Waals surface area contributed by atoms with Gasteiger partial charge in [-0.2, -0.15) is 0 Å². The van der Waals surface area contributed by atoms with E-state index in [4.69, 9.17) is 9.47 Å². The minimum atomic E-state index is -3.75. The average Bonchev–Trinajstić information content (AvgIpc) is 2.95. The molecule has 1 aromatic heterocycles. The molecule has 0 saturated carbocycles. The van der Waals surface area contributed by atoms with Gasteiger partial charge in [0.05, 0.1) is 18.1 Å². The molecule has 2 aliphatic heterocycles.